The third-order valence-electron chi connectivity index (χ3n) is 12.5. The summed E-state index contributed by atoms with van der Waals surface area (Å²) in [6.07, 6.45) is 12.8. The number of carbonyl (C=O) groups excluding carboxylic acids is 6. The molecule has 56 heavy (non-hydrogen) atoms. The molecule has 8 atom stereocenters. The summed E-state index contributed by atoms with van der Waals surface area (Å²) in [4.78, 5) is 85.8. The molecule has 12 nitrogen and oxygen atoms in total. The predicted octanol–water partition coefficient (Wildman–Crippen LogP) is 5.22. The fraction of sp³-hybridized carbons (Fsp3) is 0.714. The van der Waals surface area contributed by atoms with Crippen LogP contribution in [0.25, 0.3) is 0 Å². The largest absolute Gasteiger partial charge is 0.467 e. The smallest absolute Gasteiger partial charge is 0.328 e. The number of carbonyl (C=O) groups is 6. The molecule has 2 N–H and O–H groups in total. The van der Waals surface area contributed by atoms with Crippen molar-refractivity contribution in [1.29, 1.82) is 0 Å². The molecule has 308 valence electrons. The van der Waals surface area contributed by atoms with Crippen LogP contribution in [0.1, 0.15) is 108 Å². The SMILES string of the molecule is COC(=O)C1CCCC2SCCC(NC(=O)C(CCC(CC3CCCCC3)C(=O)NC3CCSC4CCCC(C(=O)OC)N4C3=O)Cc3ccccc3)C(=O)N21. The maximum atomic E-state index is 14.4. The van der Waals surface area contributed by atoms with Crippen molar-refractivity contribution in [1.82, 2.24) is 20.4 Å². The first-order valence-electron chi connectivity index (χ1n) is 20.9. The van der Waals surface area contributed by atoms with Gasteiger partial charge in [0.15, 0.2) is 0 Å². The molecule has 1 saturated carbocycles. The Kier molecular flexibility index (Phi) is 15.5. The average Bonchev–Trinajstić information content (AvgIpc) is 3.48. The van der Waals surface area contributed by atoms with Gasteiger partial charge in [0.25, 0.3) is 0 Å². The molecule has 14 heteroatoms. The molecule has 0 aromatic heterocycles. The van der Waals surface area contributed by atoms with Gasteiger partial charge in [0.2, 0.25) is 23.6 Å². The van der Waals surface area contributed by atoms with Gasteiger partial charge in [-0.15, -0.1) is 23.5 Å². The summed E-state index contributed by atoms with van der Waals surface area (Å²) in [7, 11) is 2.69. The number of piperidine rings is 2. The molecule has 4 aliphatic heterocycles. The van der Waals surface area contributed by atoms with Gasteiger partial charge in [-0.25, -0.2) is 9.59 Å². The number of amides is 4. The van der Waals surface area contributed by atoms with E-state index in [4.69, 9.17) is 9.47 Å². The second-order valence-corrected chi connectivity index (χ2v) is 18.8. The van der Waals surface area contributed by atoms with Crippen LogP contribution < -0.4 is 10.6 Å². The lowest BCUT2D eigenvalue weighted by atomic mass is 9.79. The van der Waals surface area contributed by atoms with Crippen molar-refractivity contribution in [3.8, 4) is 0 Å². The van der Waals surface area contributed by atoms with Crippen molar-refractivity contribution in [2.24, 2.45) is 17.8 Å². The Morgan fingerprint density at radius 3 is 1.68 bits per heavy atom. The van der Waals surface area contributed by atoms with E-state index >= 15 is 0 Å². The zero-order valence-electron chi connectivity index (χ0n) is 33.0. The molecule has 4 heterocycles. The van der Waals surface area contributed by atoms with E-state index in [1.807, 2.05) is 30.3 Å². The van der Waals surface area contributed by atoms with E-state index in [9.17, 15) is 28.8 Å². The Morgan fingerprint density at radius 2 is 1.16 bits per heavy atom. The highest BCUT2D eigenvalue weighted by Gasteiger charge is 2.45. The molecule has 5 aliphatic rings. The van der Waals surface area contributed by atoms with Gasteiger partial charge in [0, 0.05) is 11.8 Å². The Labute approximate surface area is 340 Å². The highest BCUT2D eigenvalue weighted by Crippen LogP contribution is 2.37. The molecule has 0 spiro atoms. The number of esters is 2. The highest BCUT2D eigenvalue weighted by molar-refractivity contribution is 8.00. The Balaban J connectivity index is 1.19. The minimum Gasteiger partial charge on any atom is -0.467 e. The van der Waals surface area contributed by atoms with Crippen LogP contribution in [0.5, 0.6) is 0 Å². The Hall–Kier alpha value is -3.26. The van der Waals surface area contributed by atoms with E-state index in [0.717, 1.165) is 56.9 Å². The molecule has 8 unspecified atom stereocenters. The van der Waals surface area contributed by atoms with Crippen LogP contribution in [0, 0.1) is 17.8 Å². The molecule has 6 rings (SSSR count). The van der Waals surface area contributed by atoms with Crippen LogP contribution in [0.2, 0.25) is 0 Å². The zero-order chi connectivity index (χ0) is 39.6. The van der Waals surface area contributed by atoms with Crippen LogP contribution in [-0.2, 0) is 44.7 Å². The van der Waals surface area contributed by atoms with Gasteiger partial charge >= 0.3 is 11.9 Å². The second kappa shape index (κ2) is 20.4. The molecule has 1 aliphatic carbocycles. The van der Waals surface area contributed by atoms with Crippen molar-refractivity contribution in [3.63, 3.8) is 0 Å². The van der Waals surface area contributed by atoms with Gasteiger partial charge in [-0.1, -0.05) is 62.4 Å². The van der Waals surface area contributed by atoms with Gasteiger partial charge in [0.1, 0.15) is 24.2 Å². The number of rotatable bonds is 13. The van der Waals surface area contributed by atoms with Crippen LogP contribution in [-0.4, -0.2) is 106 Å². The van der Waals surface area contributed by atoms with Crippen molar-refractivity contribution in [2.75, 3.05) is 25.7 Å². The summed E-state index contributed by atoms with van der Waals surface area (Å²) in [6, 6.07) is 6.97. The molecule has 4 amide bonds. The molecular weight excluding hydrogens is 753 g/mol. The van der Waals surface area contributed by atoms with Gasteiger partial charge in [0.05, 0.1) is 25.0 Å². The van der Waals surface area contributed by atoms with Crippen LogP contribution in [0.3, 0.4) is 0 Å². The molecule has 0 radical (unpaired) electrons. The molecule has 5 fully saturated rings. The maximum absolute atomic E-state index is 14.4. The van der Waals surface area contributed by atoms with Gasteiger partial charge in [-0.3, -0.25) is 19.2 Å². The van der Waals surface area contributed by atoms with Gasteiger partial charge in [-0.2, -0.15) is 0 Å². The Morgan fingerprint density at radius 1 is 0.661 bits per heavy atom. The van der Waals surface area contributed by atoms with E-state index in [1.54, 1.807) is 33.3 Å². The van der Waals surface area contributed by atoms with Gasteiger partial charge < -0.3 is 29.9 Å². The monoisotopic (exact) mass is 812 g/mol. The lowest BCUT2D eigenvalue weighted by molar-refractivity contribution is -0.156. The quantitative estimate of drug-likeness (QED) is 0.254. The second-order valence-electron chi connectivity index (χ2n) is 16.2. The Bertz CT molecular complexity index is 1540. The number of hydrogen-bond acceptors (Lipinski definition) is 10. The van der Waals surface area contributed by atoms with Gasteiger partial charge in [-0.05, 0) is 100 Å². The van der Waals surface area contributed by atoms with E-state index in [2.05, 4.69) is 10.6 Å². The van der Waals surface area contributed by atoms with Crippen molar-refractivity contribution >= 4 is 59.1 Å². The minimum absolute atomic E-state index is 0.122. The first-order chi connectivity index (χ1) is 27.2. The lowest BCUT2D eigenvalue weighted by Gasteiger charge is -2.40. The first kappa shape index (κ1) is 42.3. The molecule has 0 bridgehead atoms. The number of ether oxygens (including phenoxy) is 2. The number of nitrogens with zero attached hydrogens (tertiary/aromatic N) is 2. The number of thioether (sulfide) groups is 2. The zero-order valence-corrected chi connectivity index (χ0v) is 34.6. The van der Waals surface area contributed by atoms with E-state index < -0.39 is 47.9 Å². The normalized spacial score (nSPS) is 28.4. The summed E-state index contributed by atoms with van der Waals surface area (Å²) in [5.74, 6) is -0.896. The molecule has 1 aromatic carbocycles. The number of benzene rings is 1. The topological polar surface area (TPSA) is 151 Å². The third-order valence-corrected chi connectivity index (χ3v) is 15.2. The third kappa shape index (κ3) is 10.4. The average molecular weight is 813 g/mol. The summed E-state index contributed by atoms with van der Waals surface area (Å²) < 4.78 is 10.2. The minimum atomic E-state index is -0.767. The summed E-state index contributed by atoms with van der Waals surface area (Å²) in [5.41, 5.74) is 0.989. The van der Waals surface area contributed by atoms with Crippen LogP contribution in [0.15, 0.2) is 30.3 Å². The fourth-order valence-corrected chi connectivity index (χ4v) is 12.3. The summed E-state index contributed by atoms with van der Waals surface area (Å²) >= 11 is 3.32. The summed E-state index contributed by atoms with van der Waals surface area (Å²) in [5, 5.41) is 6.00. The first-order valence-corrected chi connectivity index (χ1v) is 23.0. The lowest BCUT2D eigenvalue weighted by Crippen LogP contribution is -2.58. The van der Waals surface area contributed by atoms with E-state index in [0.29, 0.717) is 68.8 Å². The van der Waals surface area contributed by atoms with Crippen LogP contribution in [0.4, 0.5) is 0 Å². The number of fused-ring (bicyclic) bond motifs is 2. The van der Waals surface area contributed by atoms with E-state index in [1.165, 1.54) is 20.6 Å². The fourth-order valence-electron chi connectivity index (χ4n) is 9.49. The van der Waals surface area contributed by atoms with Crippen molar-refractivity contribution in [2.45, 2.75) is 144 Å². The molecular formula is C42H60N4O8S2. The molecule has 4 saturated heterocycles. The summed E-state index contributed by atoms with van der Waals surface area (Å²) in [6.45, 7) is 0. The van der Waals surface area contributed by atoms with Crippen LogP contribution >= 0.6 is 23.5 Å². The number of hydrogen-bond donors (Lipinski definition) is 2. The molecule has 1 aromatic rings. The highest BCUT2D eigenvalue weighted by atomic mass is 32.2. The van der Waals surface area contributed by atoms with E-state index in [-0.39, 0.29) is 34.4 Å². The van der Waals surface area contributed by atoms with Crippen molar-refractivity contribution < 1.29 is 38.2 Å². The predicted molar refractivity (Wildman–Crippen MR) is 216 cm³/mol. The number of nitrogens with one attached hydrogen (secondary N) is 2. The van der Waals surface area contributed by atoms with Crippen molar-refractivity contribution in [3.05, 3.63) is 35.9 Å². The maximum Gasteiger partial charge on any atom is 0.328 e. The number of methoxy groups -OCH3 is 2. The standard InChI is InChI=1S/C42H60N4O8S2/c1-53-41(51)33-15-9-17-35-45(33)39(49)31(21-23-55-35)43-37(47)29(25-27-11-5-3-6-12-27)19-20-30(26-28-13-7-4-8-14-28)38(48)44-32-22-24-56-36-18-10-16-34(42(52)54-2)46(36)40(32)50/h3,5-6,11-12,28-36H,4,7-10,13-26H2,1-2H3,(H,43,47)(H,44,48).